The molecule has 1 aliphatic carbocycles. The van der Waals surface area contributed by atoms with Crippen LogP contribution in [0.4, 0.5) is 0 Å². The lowest BCUT2D eigenvalue weighted by atomic mass is 9.85. The molecule has 21 heavy (non-hydrogen) atoms. The molecule has 0 amide bonds. The van der Waals surface area contributed by atoms with Crippen molar-refractivity contribution in [3.8, 4) is 0 Å². The number of ether oxygens (including phenoxy) is 1. The zero-order chi connectivity index (χ0) is 15.1. The predicted molar refractivity (Wildman–Crippen MR) is 84.3 cm³/mol. The van der Waals surface area contributed by atoms with E-state index in [2.05, 4.69) is 22.2 Å². The van der Waals surface area contributed by atoms with Crippen LogP contribution in [0.1, 0.15) is 39.0 Å². The molecule has 1 fully saturated rings. The number of rotatable bonds is 8. The summed E-state index contributed by atoms with van der Waals surface area (Å²) in [6.07, 6.45) is 8.67. The van der Waals surface area contributed by atoms with Gasteiger partial charge in [-0.2, -0.15) is 0 Å². The average molecular weight is 311 g/mol. The van der Waals surface area contributed by atoms with Crippen molar-refractivity contribution in [2.45, 2.75) is 49.7 Å². The first kappa shape index (κ1) is 16.4. The second-order valence-electron chi connectivity index (χ2n) is 5.51. The summed E-state index contributed by atoms with van der Waals surface area (Å²) < 4.78 is 5.09. The van der Waals surface area contributed by atoms with Crippen LogP contribution in [0.3, 0.4) is 0 Å². The van der Waals surface area contributed by atoms with Gasteiger partial charge in [0, 0.05) is 18.1 Å². The maximum Gasteiger partial charge on any atom is 0.326 e. The first-order chi connectivity index (χ1) is 10.2. The highest BCUT2D eigenvalue weighted by molar-refractivity contribution is 7.99. The largest absolute Gasteiger partial charge is 0.468 e. The van der Waals surface area contributed by atoms with Crippen molar-refractivity contribution in [3.05, 3.63) is 12.4 Å². The van der Waals surface area contributed by atoms with Gasteiger partial charge in [0.25, 0.3) is 0 Å². The fourth-order valence-corrected chi connectivity index (χ4v) is 4.08. The number of H-pyrrole nitrogens is 1. The molecule has 2 atom stereocenters. The third-order valence-corrected chi connectivity index (χ3v) is 5.18. The van der Waals surface area contributed by atoms with Gasteiger partial charge in [-0.3, -0.25) is 4.79 Å². The summed E-state index contributed by atoms with van der Waals surface area (Å²) in [6, 6.07) is 0. The van der Waals surface area contributed by atoms with Gasteiger partial charge in [-0.1, -0.05) is 25.1 Å². The van der Waals surface area contributed by atoms with E-state index in [1.807, 2.05) is 6.20 Å². The number of thioether (sulfide) groups is 1. The lowest BCUT2D eigenvalue weighted by Gasteiger charge is -2.34. The Kier molecular flexibility index (Phi) is 6.11. The molecule has 0 radical (unpaired) electrons. The number of imidazole rings is 1. The number of hydrogen-bond acceptors (Lipinski definition) is 5. The fourth-order valence-electron chi connectivity index (χ4n) is 3.20. The number of carbonyl (C=O) groups excluding carboxylic acids is 1. The minimum atomic E-state index is -0.478. The number of nitrogens with one attached hydrogen (secondary N) is 2. The molecule has 5 nitrogen and oxygen atoms in total. The van der Waals surface area contributed by atoms with Crippen LogP contribution in [-0.2, 0) is 9.53 Å². The molecular weight excluding hydrogens is 286 g/mol. The van der Waals surface area contributed by atoms with Crippen LogP contribution in [0.5, 0.6) is 0 Å². The van der Waals surface area contributed by atoms with Gasteiger partial charge in [0.15, 0.2) is 5.16 Å². The van der Waals surface area contributed by atoms with Gasteiger partial charge in [-0.25, -0.2) is 4.98 Å². The van der Waals surface area contributed by atoms with Gasteiger partial charge in [0.2, 0.25) is 0 Å². The molecule has 2 N–H and O–H groups in total. The Balaban J connectivity index is 1.96. The van der Waals surface area contributed by atoms with Crippen LogP contribution in [0.15, 0.2) is 17.6 Å². The molecule has 0 aromatic carbocycles. The highest BCUT2D eigenvalue weighted by Gasteiger charge is 2.48. The normalized spacial score (nSPS) is 25.1. The molecule has 0 bridgehead atoms. The molecule has 1 heterocycles. The Bertz CT molecular complexity index is 438. The van der Waals surface area contributed by atoms with E-state index in [4.69, 9.17) is 4.74 Å². The van der Waals surface area contributed by atoms with E-state index in [9.17, 15) is 4.79 Å². The van der Waals surface area contributed by atoms with Crippen LogP contribution >= 0.6 is 11.8 Å². The Labute approximate surface area is 130 Å². The van der Waals surface area contributed by atoms with Crippen molar-refractivity contribution < 1.29 is 9.53 Å². The number of nitrogens with zero attached hydrogens (tertiary/aromatic N) is 1. The quantitative estimate of drug-likeness (QED) is 0.570. The van der Waals surface area contributed by atoms with Crippen molar-refractivity contribution >= 4 is 17.7 Å². The lowest BCUT2D eigenvalue weighted by Crippen LogP contribution is -2.55. The van der Waals surface area contributed by atoms with Crippen molar-refractivity contribution in [3.63, 3.8) is 0 Å². The second kappa shape index (κ2) is 7.84. The number of esters is 1. The predicted octanol–water partition coefficient (Wildman–Crippen LogP) is 2.60. The van der Waals surface area contributed by atoms with Gasteiger partial charge in [-0.05, 0) is 38.1 Å². The maximum atomic E-state index is 12.3. The topological polar surface area (TPSA) is 67.0 Å². The van der Waals surface area contributed by atoms with E-state index in [1.165, 1.54) is 7.11 Å². The summed E-state index contributed by atoms with van der Waals surface area (Å²) in [7, 11) is 1.49. The summed E-state index contributed by atoms with van der Waals surface area (Å²) in [5.41, 5.74) is -0.478. The van der Waals surface area contributed by atoms with Crippen LogP contribution in [-0.4, -0.2) is 40.9 Å². The van der Waals surface area contributed by atoms with Gasteiger partial charge < -0.3 is 15.0 Å². The zero-order valence-corrected chi connectivity index (χ0v) is 13.7. The molecule has 1 aliphatic rings. The Hall–Kier alpha value is -1.01. The molecule has 2 unspecified atom stereocenters. The van der Waals surface area contributed by atoms with Crippen molar-refractivity contribution in [2.75, 3.05) is 19.4 Å². The summed E-state index contributed by atoms with van der Waals surface area (Å²) in [5.74, 6) is 1.21. The molecule has 118 valence electrons. The standard InChI is InChI=1S/C15H25N3O2S/c1-3-8-18-15(13(19)20-2)7-4-5-12(15)6-11-21-14-16-9-10-17-14/h9-10,12,18H,3-8,11H2,1-2H3,(H,16,17). The minimum Gasteiger partial charge on any atom is -0.468 e. The van der Waals surface area contributed by atoms with E-state index in [0.29, 0.717) is 5.92 Å². The number of carbonyl (C=O) groups is 1. The highest BCUT2D eigenvalue weighted by atomic mass is 32.2. The average Bonchev–Trinajstić information content (AvgIpc) is 3.15. The van der Waals surface area contributed by atoms with Crippen LogP contribution < -0.4 is 5.32 Å². The summed E-state index contributed by atoms with van der Waals surface area (Å²) in [5, 5.41) is 4.42. The third-order valence-electron chi connectivity index (χ3n) is 4.24. The zero-order valence-electron chi connectivity index (χ0n) is 12.9. The SMILES string of the molecule is CCCNC1(C(=O)OC)CCCC1CCSc1ncc[nH]1. The van der Waals surface area contributed by atoms with Gasteiger partial charge in [0.05, 0.1) is 7.11 Å². The van der Waals surface area contributed by atoms with E-state index in [-0.39, 0.29) is 5.97 Å². The van der Waals surface area contributed by atoms with E-state index in [0.717, 1.165) is 49.6 Å². The summed E-state index contributed by atoms with van der Waals surface area (Å²) in [4.78, 5) is 19.6. The molecular formula is C15H25N3O2S. The number of methoxy groups -OCH3 is 1. The molecule has 1 aromatic rings. The number of aromatic amines is 1. The van der Waals surface area contributed by atoms with E-state index >= 15 is 0 Å². The summed E-state index contributed by atoms with van der Waals surface area (Å²) >= 11 is 1.71. The monoisotopic (exact) mass is 311 g/mol. The first-order valence-corrected chi connectivity index (χ1v) is 8.67. The van der Waals surface area contributed by atoms with Gasteiger partial charge >= 0.3 is 5.97 Å². The first-order valence-electron chi connectivity index (χ1n) is 7.68. The van der Waals surface area contributed by atoms with Crippen molar-refractivity contribution in [1.82, 2.24) is 15.3 Å². The Morgan fingerprint density at radius 3 is 3.19 bits per heavy atom. The molecule has 6 heteroatoms. The lowest BCUT2D eigenvalue weighted by molar-refractivity contribution is -0.150. The Morgan fingerprint density at radius 2 is 2.52 bits per heavy atom. The number of hydrogen-bond donors (Lipinski definition) is 2. The van der Waals surface area contributed by atoms with Crippen LogP contribution in [0, 0.1) is 5.92 Å². The van der Waals surface area contributed by atoms with Crippen molar-refractivity contribution in [2.24, 2.45) is 5.92 Å². The van der Waals surface area contributed by atoms with Crippen LogP contribution in [0.2, 0.25) is 0 Å². The minimum absolute atomic E-state index is 0.0959. The Morgan fingerprint density at radius 1 is 1.67 bits per heavy atom. The van der Waals surface area contributed by atoms with E-state index in [1.54, 1.807) is 18.0 Å². The highest BCUT2D eigenvalue weighted by Crippen LogP contribution is 2.39. The molecule has 0 spiro atoms. The molecule has 1 aromatic heterocycles. The third kappa shape index (κ3) is 3.80. The van der Waals surface area contributed by atoms with Gasteiger partial charge in [-0.15, -0.1) is 0 Å². The number of aromatic nitrogens is 2. The smallest absolute Gasteiger partial charge is 0.326 e. The molecule has 0 aliphatic heterocycles. The molecule has 1 saturated carbocycles. The second-order valence-corrected chi connectivity index (χ2v) is 6.59. The molecule has 2 rings (SSSR count). The van der Waals surface area contributed by atoms with Crippen molar-refractivity contribution in [1.29, 1.82) is 0 Å². The molecule has 0 saturated heterocycles. The van der Waals surface area contributed by atoms with E-state index < -0.39 is 5.54 Å². The maximum absolute atomic E-state index is 12.3. The fraction of sp³-hybridized carbons (Fsp3) is 0.733. The van der Waals surface area contributed by atoms with Crippen LogP contribution in [0.25, 0.3) is 0 Å². The van der Waals surface area contributed by atoms with Gasteiger partial charge in [0.1, 0.15) is 5.54 Å². The summed E-state index contributed by atoms with van der Waals surface area (Å²) in [6.45, 7) is 2.98.